The smallest absolute Gasteiger partial charge is 0.291 e. The van der Waals surface area contributed by atoms with Crippen LogP contribution >= 0.6 is 11.3 Å². The second-order valence-electron chi connectivity index (χ2n) is 8.86. The van der Waals surface area contributed by atoms with Crippen molar-refractivity contribution in [2.24, 2.45) is 0 Å². The quantitative estimate of drug-likeness (QED) is 0.263. The van der Waals surface area contributed by atoms with E-state index in [0.717, 1.165) is 39.6 Å². The maximum absolute atomic E-state index is 13.3. The Hall–Kier alpha value is -5.02. The van der Waals surface area contributed by atoms with Crippen molar-refractivity contribution in [1.29, 1.82) is 0 Å². The largest absolute Gasteiger partial charge is 0.497 e. The Morgan fingerprint density at radius 2 is 1.75 bits per heavy atom. The highest BCUT2D eigenvalue weighted by Gasteiger charge is 2.14. The fourth-order valence-corrected chi connectivity index (χ4v) is 5.18. The van der Waals surface area contributed by atoms with Crippen LogP contribution in [0.1, 0.15) is 23.9 Å². The molecule has 0 aliphatic carbocycles. The molecule has 3 aromatic carbocycles. The van der Waals surface area contributed by atoms with Gasteiger partial charge in [0.15, 0.2) is 5.82 Å². The number of thiazole rings is 1. The summed E-state index contributed by atoms with van der Waals surface area (Å²) >= 11 is 1.30. The standard InChI is InChI=1S/C31H25N5O3S/c1-3-39-26-11-7-8-22(18-26)29-23(20-35(34-29)24-9-5-4-6-10-24)19-27-30(37)36-31(40-27)32-28(33-36)17-14-21-12-15-25(38-2)16-13-21/h4-20H,3H2,1-2H3/b17-14+,27-19-. The highest BCUT2D eigenvalue weighted by molar-refractivity contribution is 7.15. The summed E-state index contributed by atoms with van der Waals surface area (Å²) in [7, 11) is 1.63. The Labute approximate surface area is 234 Å². The normalized spacial score (nSPS) is 12.0. The number of nitrogens with zero attached hydrogens (tertiary/aromatic N) is 5. The van der Waals surface area contributed by atoms with Gasteiger partial charge >= 0.3 is 0 Å². The zero-order valence-corrected chi connectivity index (χ0v) is 22.7. The van der Waals surface area contributed by atoms with Gasteiger partial charge in [-0.25, -0.2) is 4.68 Å². The van der Waals surface area contributed by atoms with E-state index in [-0.39, 0.29) is 5.56 Å². The van der Waals surface area contributed by atoms with Gasteiger partial charge in [0, 0.05) is 17.3 Å². The molecule has 3 aromatic heterocycles. The van der Waals surface area contributed by atoms with Crippen molar-refractivity contribution in [3.63, 3.8) is 0 Å². The van der Waals surface area contributed by atoms with E-state index in [0.29, 0.717) is 21.9 Å². The van der Waals surface area contributed by atoms with Crippen LogP contribution in [0.4, 0.5) is 0 Å². The van der Waals surface area contributed by atoms with E-state index in [1.54, 1.807) is 13.2 Å². The number of rotatable bonds is 8. The topological polar surface area (TPSA) is 83.5 Å². The molecule has 6 aromatic rings. The molecule has 198 valence electrons. The number of hydrogen-bond donors (Lipinski definition) is 0. The molecule has 0 saturated heterocycles. The summed E-state index contributed by atoms with van der Waals surface area (Å²) in [4.78, 5) is 18.4. The summed E-state index contributed by atoms with van der Waals surface area (Å²) < 4.78 is 14.6. The predicted molar refractivity (Wildman–Crippen MR) is 158 cm³/mol. The zero-order valence-electron chi connectivity index (χ0n) is 21.9. The van der Waals surface area contributed by atoms with Gasteiger partial charge in [0.1, 0.15) is 17.2 Å². The number of methoxy groups -OCH3 is 1. The van der Waals surface area contributed by atoms with Crippen LogP contribution in [0.25, 0.3) is 40.1 Å². The second-order valence-corrected chi connectivity index (χ2v) is 9.87. The van der Waals surface area contributed by atoms with Crippen molar-refractivity contribution in [2.45, 2.75) is 6.92 Å². The zero-order chi connectivity index (χ0) is 27.5. The van der Waals surface area contributed by atoms with Crippen LogP contribution in [-0.4, -0.2) is 38.1 Å². The van der Waals surface area contributed by atoms with Crippen molar-refractivity contribution in [1.82, 2.24) is 24.4 Å². The van der Waals surface area contributed by atoms with Crippen LogP contribution < -0.4 is 19.6 Å². The van der Waals surface area contributed by atoms with Gasteiger partial charge in [-0.05, 0) is 61.0 Å². The van der Waals surface area contributed by atoms with Crippen LogP contribution in [-0.2, 0) is 0 Å². The highest BCUT2D eigenvalue weighted by Crippen LogP contribution is 2.27. The summed E-state index contributed by atoms with van der Waals surface area (Å²) in [5.74, 6) is 2.02. The molecule has 0 aliphatic rings. The van der Waals surface area contributed by atoms with Crippen molar-refractivity contribution in [3.8, 4) is 28.4 Å². The van der Waals surface area contributed by atoms with Crippen molar-refractivity contribution >= 4 is 34.5 Å². The van der Waals surface area contributed by atoms with Gasteiger partial charge in [-0.2, -0.15) is 14.6 Å². The highest BCUT2D eigenvalue weighted by atomic mass is 32.1. The first-order valence-electron chi connectivity index (χ1n) is 12.7. The summed E-state index contributed by atoms with van der Waals surface area (Å²) in [6.45, 7) is 2.52. The van der Waals surface area contributed by atoms with Gasteiger partial charge in [0.2, 0.25) is 4.96 Å². The maximum Gasteiger partial charge on any atom is 0.291 e. The van der Waals surface area contributed by atoms with Crippen molar-refractivity contribution in [3.05, 3.63) is 117 Å². The average Bonchev–Trinajstić information content (AvgIpc) is 3.68. The fraction of sp³-hybridized carbons (Fsp3) is 0.0968. The molecule has 0 aliphatic heterocycles. The van der Waals surface area contributed by atoms with Crippen LogP contribution in [0.15, 0.2) is 89.9 Å². The molecule has 0 bridgehead atoms. The minimum Gasteiger partial charge on any atom is -0.497 e. The number of aromatic nitrogens is 5. The van der Waals surface area contributed by atoms with Gasteiger partial charge < -0.3 is 9.47 Å². The Morgan fingerprint density at radius 3 is 2.50 bits per heavy atom. The van der Waals surface area contributed by atoms with Gasteiger partial charge in [-0.3, -0.25) is 4.79 Å². The lowest BCUT2D eigenvalue weighted by atomic mass is 10.1. The van der Waals surface area contributed by atoms with Gasteiger partial charge in [-0.15, -0.1) is 5.10 Å². The molecule has 0 amide bonds. The van der Waals surface area contributed by atoms with E-state index < -0.39 is 0 Å². The predicted octanol–water partition coefficient (Wildman–Crippen LogP) is 5.13. The van der Waals surface area contributed by atoms with Crippen LogP contribution in [0.3, 0.4) is 0 Å². The van der Waals surface area contributed by atoms with E-state index in [9.17, 15) is 4.79 Å². The van der Waals surface area contributed by atoms with E-state index >= 15 is 0 Å². The molecule has 40 heavy (non-hydrogen) atoms. The monoisotopic (exact) mass is 547 g/mol. The summed E-state index contributed by atoms with van der Waals surface area (Å²) in [6.07, 6.45) is 7.47. The van der Waals surface area contributed by atoms with Gasteiger partial charge in [-0.1, -0.05) is 59.9 Å². The second kappa shape index (κ2) is 11.0. The molecule has 0 radical (unpaired) electrons. The lowest BCUT2D eigenvalue weighted by Gasteiger charge is -2.05. The summed E-state index contributed by atoms with van der Waals surface area (Å²) in [5, 5.41) is 9.30. The number of ether oxygens (including phenoxy) is 2. The number of hydrogen-bond acceptors (Lipinski definition) is 7. The minimum absolute atomic E-state index is 0.224. The molecule has 0 spiro atoms. The molecule has 0 fully saturated rings. The van der Waals surface area contributed by atoms with Crippen LogP contribution in [0.2, 0.25) is 0 Å². The van der Waals surface area contributed by atoms with Crippen molar-refractivity contribution < 1.29 is 9.47 Å². The number of para-hydroxylation sites is 1. The lowest BCUT2D eigenvalue weighted by Crippen LogP contribution is -2.23. The van der Waals surface area contributed by atoms with Gasteiger partial charge in [0.25, 0.3) is 5.56 Å². The molecule has 9 heteroatoms. The first-order chi connectivity index (χ1) is 19.6. The van der Waals surface area contributed by atoms with E-state index in [1.165, 1.54) is 15.9 Å². The SMILES string of the molecule is CCOc1cccc(-c2nn(-c3ccccc3)cc2/C=c2\sc3nc(/C=C/c4ccc(OC)cc4)nn3c2=O)c1. The average molecular weight is 548 g/mol. The molecule has 0 atom stereocenters. The third kappa shape index (κ3) is 5.14. The Balaban J connectivity index is 1.38. The van der Waals surface area contributed by atoms with E-state index in [2.05, 4.69) is 10.1 Å². The Morgan fingerprint density at radius 1 is 0.925 bits per heavy atom. The number of fused-ring (bicyclic) bond motifs is 1. The van der Waals surface area contributed by atoms with Gasteiger partial charge in [0.05, 0.1) is 23.9 Å². The molecule has 0 saturated carbocycles. The minimum atomic E-state index is -0.224. The first kappa shape index (κ1) is 25.3. The molecular weight excluding hydrogens is 522 g/mol. The summed E-state index contributed by atoms with van der Waals surface area (Å²) in [5.41, 5.74) is 4.11. The fourth-order valence-electron chi connectivity index (χ4n) is 4.28. The van der Waals surface area contributed by atoms with Crippen molar-refractivity contribution in [2.75, 3.05) is 13.7 Å². The lowest BCUT2D eigenvalue weighted by molar-refractivity contribution is 0.340. The molecule has 0 N–H and O–H groups in total. The molecule has 0 unspecified atom stereocenters. The molecule has 3 heterocycles. The molecule has 6 rings (SSSR count). The van der Waals surface area contributed by atoms with E-state index in [4.69, 9.17) is 14.6 Å². The Bertz CT molecular complexity index is 1920. The maximum atomic E-state index is 13.3. The van der Waals surface area contributed by atoms with E-state index in [1.807, 2.05) is 109 Å². The number of benzene rings is 3. The summed E-state index contributed by atoms with van der Waals surface area (Å²) in [6, 6.07) is 25.3. The first-order valence-corrected chi connectivity index (χ1v) is 13.5. The molecule has 8 nitrogen and oxygen atoms in total. The Kier molecular flexibility index (Phi) is 6.95. The third-order valence-electron chi connectivity index (χ3n) is 6.21. The molecular formula is C31H25N5O3S. The van der Waals surface area contributed by atoms with Crippen LogP contribution in [0.5, 0.6) is 11.5 Å². The van der Waals surface area contributed by atoms with Crippen LogP contribution in [0, 0.1) is 0 Å². The third-order valence-corrected chi connectivity index (χ3v) is 7.17.